The number of rotatable bonds is 2. The summed E-state index contributed by atoms with van der Waals surface area (Å²) in [5.41, 5.74) is 7.21. The van der Waals surface area contributed by atoms with E-state index in [4.69, 9.17) is 4.74 Å². The monoisotopic (exact) mass is 452 g/mol. The minimum atomic E-state index is 0.879. The fourth-order valence-corrected chi connectivity index (χ4v) is 4.30. The molecule has 0 amide bonds. The molecule has 0 saturated carbocycles. The topological polar surface area (TPSA) is 28.3 Å². The zero-order valence-corrected chi connectivity index (χ0v) is 16.4. The van der Waals surface area contributed by atoms with E-state index >= 15 is 0 Å². The zero-order chi connectivity index (χ0) is 17.7. The molecule has 0 radical (unpaired) electrons. The minimum Gasteiger partial charge on any atom is -0.495 e. The number of aromatic nitrogens is 1. The van der Waals surface area contributed by atoms with Crippen LogP contribution in [0, 0.1) is 3.57 Å². The number of H-pyrrole nitrogens is 1. The van der Waals surface area contributed by atoms with Gasteiger partial charge in [0.15, 0.2) is 0 Å². The second kappa shape index (κ2) is 6.06. The first-order valence-corrected chi connectivity index (χ1v) is 9.65. The van der Waals surface area contributed by atoms with Gasteiger partial charge in [-0.1, -0.05) is 36.4 Å². The Kier molecular flexibility index (Phi) is 3.67. The quantitative estimate of drug-likeness (QED) is 0.325. The number of hydrogen-bond acceptors (Lipinski definition) is 2. The van der Waals surface area contributed by atoms with E-state index in [0.717, 1.165) is 21.4 Å². The largest absolute Gasteiger partial charge is 0.495 e. The van der Waals surface area contributed by atoms with Crippen molar-refractivity contribution in [3.63, 3.8) is 0 Å². The smallest absolute Gasteiger partial charge is 0.143 e. The standard InChI is InChI=1S/C22H17IN2O/c1-26-21-13-15(23)10-11-20(21)25-19-9-5-2-6-14(19)12-18-22(25)16-7-3-4-8-17(16)24-18/h2-11,13,24H,12H2,1H3. The van der Waals surface area contributed by atoms with Crippen molar-refractivity contribution in [2.75, 3.05) is 12.0 Å². The molecule has 1 aliphatic heterocycles. The fourth-order valence-electron chi connectivity index (χ4n) is 3.84. The van der Waals surface area contributed by atoms with Gasteiger partial charge < -0.3 is 14.6 Å². The molecular weight excluding hydrogens is 435 g/mol. The second-order valence-corrected chi connectivity index (χ2v) is 7.70. The molecule has 0 aliphatic carbocycles. The molecule has 26 heavy (non-hydrogen) atoms. The van der Waals surface area contributed by atoms with E-state index in [1.54, 1.807) is 7.11 Å². The Morgan fingerprint density at radius 1 is 0.962 bits per heavy atom. The Labute approximate surface area is 165 Å². The third-order valence-electron chi connectivity index (χ3n) is 4.96. The van der Waals surface area contributed by atoms with Crippen LogP contribution in [0.1, 0.15) is 11.3 Å². The summed E-state index contributed by atoms with van der Waals surface area (Å²) in [4.78, 5) is 5.96. The molecule has 2 heterocycles. The van der Waals surface area contributed by atoms with E-state index in [1.807, 2.05) is 0 Å². The predicted octanol–water partition coefficient (Wildman–Crippen LogP) is 6.16. The lowest BCUT2D eigenvalue weighted by molar-refractivity contribution is 0.415. The average Bonchev–Trinajstić information content (AvgIpc) is 3.04. The van der Waals surface area contributed by atoms with Gasteiger partial charge in [-0.25, -0.2) is 0 Å². The zero-order valence-electron chi connectivity index (χ0n) is 14.3. The third-order valence-corrected chi connectivity index (χ3v) is 5.63. The molecule has 5 rings (SSSR count). The molecule has 128 valence electrons. The van der Waals surface area contributed by atoms with Gasteiger partial charge in [-0.2, -0.15) is 0 Å². The van der Waals surface area contributed by atoms with Crippen molar-refractivity contribution >= 4 is 50.6 Å². The Hall–Kier alpha value is -2.47. The first-order chi connectivity index (χ1) is 12.8. The maximum absolute atomic E-state index is 5.74. The summed E-state index contributed by atoms with van der Waals surface area (Å²) in [6.45, 7) is 0. The molecule has 3 aromatic carbocycles. The molecule has 0 atom stereocenters. The minimum absolute atomic E-state index is 0.879. The van der Waals surface area contributed by atoms with Crippen LogP contribution in [0.3, 0.4) is 0 Å². The van der Waals surface area contributed by atoms with Crippen LogP contribution in [-0.2, 0) is 6.42 Å². The van der Waals surface area contributed by atoms with Crippen LogP contribution < -0.4 is 9.64 Å². The summed E-state index contributed by atoms with van der Waals surface area (Å²) in [5.74, 6) is 0.879. The molecule has 0 fully saturated rings. The first-order valence-electron chi connectivity index (χ1n) is 8.57. The molecule has 0 bridgehead atoms. The highest BCUT2D eigenvalue weighted by Gasteiger charge is 2.29. The molecule has 1 aliphatic rings. The van der Waals surface area contributed by atoms with Crippen molar-refractivity contribution in [2.24, 2.45) is 0 Å². The predicted molar refractivity (Wildman–Crippen MR) is 115 cm³/mol. The number of halogens is 1. The number of aromatic amines is 1. The summed E-state index contributed by atoms with van der Waals surface area (Å²) < 4.78 is 6.90. The van der Waals surface area contributed by atoms with Gasteiger partial charge in [0, 0.05) is 32.3 Å². The van der Waals surface area contributed by atoms with Gasteiger partial charge in [0.1, 0.15) is 5.75 Å². The van der Waals surface area contributed by atoms with Crippen molar-refractivity contribution in [1.29, 1.82) is 0 Å². The molecule has 0 saturated heterocycles. The van der Waals surface area contributed by atoms with E-state index in [0.29, 0.717) is 0 Å². The van der Waals surface area contributed by atoms with Gasteiger partial charge in [-0.05, 0) is 58.5 Å². The number of fused-ring (bicyclic) bond motifs is 4. The van der Waals surface area contributed by atoms with Crippen molar-refractivity contribution in [1.82, 2.24) is 4.98 Å². The maximum Gasteiger partial charge on any atom is 0.143 e. The van der Waals surface area contributed by atoms with E-state index in [1.165, 1.54) is 33.5 Å². The summed E-state index contributed by atoms with van der Waals surface area (Å²) >= 11 is 2.32. The normalized spacial score (nSPS) is 12.8. The van der Waals surface area contributed by atoms with E-state index in [9.17, 15) is 0 Å². The average molecular weight is 452 g/mol. The van der Waals surface area contributed by atoms with Gasteiger partial charge in [0.25, 0.3) is 0 Å². The molecule has 4 heteroatoms. The highest BCUT2D eigenvalue weighted by molar-refractivity contribution is 14.1. The van der Waals surface area contributed by atoms with Gasteiger partial charge in [0.2, 0.25) is 0 Å². The third kappa shape index (κ3) is 2.32. The lowest BCUT2D eigenvalue weighted by Gasteiger charge is -2.32. The molecule has 1 N–H and O–H groups in total. The van der Waals surface area contributed by atoms with Crippen molar-refractivity contribution < 1.29 is 4.74 Å². The van der Waals surface area contributed by atoms with Crippen molar-refractivity contribution in [2.45, 2.75) is 6.42 Å². The summed E-state index contributed by atoms with van der Waals surface area (Å²) in [5, 5.41) is 1.23. The van der Waals surface area contributed by atoms with Crippen molar-refractivity contribution in [3.05, 3.63) is 81.6 Å². The number of nitrogens with one attached hydrogen (secondary N) is 1. The molecule has 3 nitrogen and oxygen atoms in total. The second-order valence-electron chi connectivity index (χ2n) is 6.45. The van der Waals surface area contributed by atoms with Gasteiger partial charge >= 0.3 is 0 Å². The number of anilines is 3. The van der Waals surface area contributed by atoms with Crippen molar-refractivity contribution in [3.8, 4) is 5.75 Å². The van der Waals surface area contributed by atoms with Crippen LogP contribution in [0.4, 0.5) is 17.1 Å². The maximum atomic E-state index is 5.74. The molecule has 1 aromatic heterocycles. The summed E-state index contributed by atoms with van der Waals surface area (Å²) in [6, 6.07) is 23.5. The highest BCUT2D eigenvalue weighted by atomic mass is 127. The number of para-hydroxylation sites is 2. The Morgan fingerprint density at radius 2 is 1.77 bits per heavy atom. The van der Waals surface area contributed by atoms with E-state index in [-0.39, 0.29) is 0 Å². The van der Waals surface area contributed by atoms with Crippen LogP contribution in [0.15, 0.2) is 66.7 Å². The summed E-state index contributed by atoms with van der Waals surface area (Å²) in [6.07, 6.45) is 0.906. The van der Waals surface area contributed by atoms with Crippen LogP contribution in [0.25, 0.3) is 10.9 Å². The van der Waals surface area contributed by atoms with Crippen LogP contribution in [-0.4, -0.2) is 12.1 Å². The molecule has 4 aromatic rings. The number of nitrogens with zero attached hydrogens (tertiary/aromatic N) is 1. The highest BCUT2D eigenvalue weighted by Crippen LogP contribution is 2.49. The SMILES string of the molecule is COc1cc(I)ccc1N1c2ccccc2Cc2[nH]c3ccccc3c21. The lowest BCUT2D eigenvalue weighted by Crippen LogP contribution is -2.18. The van der Waals surface area contributed by atoms with Crippen LogP contribution >= 0.6 is 22.6 Å². The van der Waals surface area contributed by atoms with Gasteiger partial charge in [0.05, 0.1) is 18.5 Å². The first kappa shape index (κ1) is 15.8. The van der Waals surface area contributed by atoms with Gasteiger partial charge in [-0.3, -0.25) is 0 Å². The summed E-state index contributed by atoms with van der Waals surface area (Å²) in [7, 11) is 1.74. The number of methoxy groups -OCH3 is 1. The van der Waals surface area contributed by atoms with Crippen LogP contribution in [0.5, 0.6) is 5.75 Å². The number of benzene rings is 3. The van der Waals surface area contributed by atoms with E-state index in [2.05, 4.69) is 99.2 Å². The number of ether oxygens (including phenoxy) is 1. The Balaban J connectivity index is 1.85. The molecule has 0 spiro atoms. The lowest BCUT2D eigenvalue weighted by atomic mass is 9.98. The van der Waals surface area contributed by atoms with Gasteiger partial charge in [-0.15, -0.1) is 0 Å². The Bertz CT molecular complexity index is 1130. The number of hydrogen-bond donors (Lipinski definition) is 1. The molecule has 0 unspecified atom stereocenters. The Morgan fingerprint density at radius 3 is 2.65 bits per heavy atom. The van der Waals surface area contributed by atoms with Crippen LogP contribution in [0.2, 0.25) is 0 Å². The van der Waals surface area contributed by atoms with E-state index < -0.39 is 0 Å². The molecular formula is C22H17IN2O. The fraction of sp³-hybridized carbons (Fsp3) is 0.0909.